The molecule has 0 aliphatic rings. The zero-order valence-electron chi connectivity index (χ0n) is 15.0. The third kappa shape index (κ3) is 3.64. The highest BCUT2D eigenvalue weighted by Crippen LogP contribution is 2.24. The Morgan fingerprint density at radius 2 is 1.54 bits per heavy atom. The molecule has 0 aliphatic carbocycles. The second-order valence-corrected chi connectivity index (χ2v) is 6.29. The van der Waals surface area contributed by atoms with Gasteiger partial charge in [0.1, 0.15) is 0 Å². The van der Waals surface area contributed by atoms with E-state index < -0.39 is 12.1 Å². The second kappa shape index (κ2) is 7.80. The zero-order chi connectivity index (χ0) is 19.3. The molecule has 0 bridgehead atoms. The van der Waals surface area contributed by atoms with Crippen molar-refractivity contribution in [1.29, 1.82) is 0 Å². The number of hydrogen-bond donors (Lipinski definition) is 2. The number of rotatable bonds is 6. The quantitative estimate of drug-likeness (QED) is 0.388. The summed E-state index contributed by atoms with van der Waals surface area (Å²) >= 11 is 0. The minimum Gasteiger partial charge on any atom is -0.459 e. The number of ketones is 1. The maximum Gasteiger partial charge on any atom is 0.288 e. The number of benzene rings is 3. The van der Waals surface area contributed by atoms with Gasteiger partial charge in [-0.15, -0.1) is 0 Å². The molecule has 5 heteroatoms. The van der Waals surface area contributed by atoms with Crippen LogP contribution in [0.3, 0.4) is 0 Å². The molecule has 3 aromatic carbocycles. The Labute approximate surface area is 162 Å². The molecule has 4 rings (SSSR count). The van der Waals surface area contributed by atoms with Crippen LogP contribution in [0.1, 0.15) is 20.9 Å². The smallest absolute Gasteiger partial charge is 0.288 e. The molecule has 0 saturated heterocycles. The fourth-order valence-corrected chi connectivity index (χ4v) is 3.05. The average Bonchev–Trinajstić information content (AvgIpc) is 3.29. The van der Waals surface area contributed by atoms with E-state index in [9.17, 15) is 9.59 Å². The van der Waals surface area contributed by atoms with Crippen LogP contribution >= 0.6 is 0 Å². The van der Waals surface area contributed by atoms with E-state index in [2.05, 4.69) is 10.6 Å². The molecular weight excluding hydrogens is 352 g/mol. The third-order valence-electron chi connectivity index (χ3n) is 4.43. The SMILES string of the molecule is O=C(N[C@@H](Nc1cccc2ccccc12)C(=O)c1ccccc1)c1ccco1. The largest absolute Gasteiger partial charge is 0.459 e. The first kappa shape index (κ1) is 17.5. The Bertz CT molecular complexity index is 1100. The summed E-state index contributed by atoms with van der Waals surface area (Å²) in [5.41, 5.74) is 1.26. The molecule has 28 heavy (non-hydrogen) atoms. The van der Waals surface area contributed by atoms with E-state index in [0.29, 0.717) is 5.56 Å². The summed E-state index contributed by atoms with van der Waals surface area (Å²) in [5.74, 6) is -0.564. The van der Waals surface area contributed by atoms with Crippen molar-refractivity contribution in [3.63, 3.8) is 0 Å². The molecule has 0 aliphatic heterocycles. The topological polar surface area (TPSA) is 71.3 Å². The van der Waals surface area contributed by atoms with Gasteiger partial charge in [0.05, 0.1) is 6.26 Å². The van der Waals surface area contributed by atoms with Gasteiger partial charge >= 0.3 is 0 Å². The van der Waals surface area contributed by atoms with E-state index >= 15 is 0 Å². The van der Waals surface area contributed by atoms with E-state index in [4.69, 9.17) is 4.42 Å². The van der Waals surface area contributed by atoms with Crippen molar-refractivity contribution < 1.29 is 14.0 Å². The predicted octanol–water partition coefficient (Wildman–Crippen LogP) is 4.48. The maximum atomic E-state index is 13.1. The van der Waals surface area contributed by atoms with Crippen molar-refractivity contribution in [3.05, 3.63) is 103 Å². The molecule has 0 unspecified atom stereocenters. The van der Waals surface area contributed by atoms with Crippen LogP contribution < -0.4 is 10.6 Å². The molecule has 0 radical (unpaired) electrons. The van der Waals surface area contributed by atoms with Gasteiger partial charge in [-0.3, -0.25) is 9.59 Å². The van der Waals surface area contributed by atoms with Crippen LogP contribution in [-0.2, 0) is 0 Å². The summed E-state index contributed by atoms with van der Waals surface area (Å²) in [5, 5.41) is 7.93. The third-order valence-corrected chi connectivity index (χ3v) is 4.43. The van der Waals surface area contributed by atoms with Gasteiger partial charge in [0.15, 0.2) is 11.9 Å². The Kier molecular flexibility index (Phi) is 4.89. The van der Waals surface area contributed by atoms with Crippen molar-refractivity contribution in [3.8, 4) is 0 Å². The summed E-state index contributed by atoms with van der Waals surface area (Å²) < 4.78 is 5.15. The van der Waals surface area contributed by atoms with Crippen LogP contribution in [-0.4, -0.2) is 17.9 Å². The van der Waals surface area contributed by atoms with E-state index in [0.717, 1.165) is 16.5 Å². The van der Waals surface area contributed by atoms with Gasteiger partial charge in [0.25, 0.3) is 5.91 Å². The summed E-state index contributed by atoms with van der Waals surface area (Å²) in [6.07, 6.45) is 0.465. The van der Waals surface area contributed by atoms with Crippen LogP contribution in [0.25, 0.3) is 10.8 Å². The van der Waals surface area contributed by atoms with Gasteiger partial charge in [-0.1, -0.05) is 66.7 Å². The van der Waals surface area contributed by atoms with Crippen LogP contribution in [0.15, 0.2) is 95.6 Å². The Morgan fingerprint density at radius 1 is 0.786 bits per heavy atom. The number of hydrogen-bond acceptors (Lipinski definition) is 4. The first-order valence-electron chi connectivity index (χ1n) is 8.90. The maximum absolute atomic E-state index is 13.1. The minimum absolute atomic E-state index is 0.144. The monoisotopic (exact) mass is 370 g/mol. The Balaban J connectivity index is 1.68. The highest BCUT2D eigenvalue weighted by Gasteiger charge is 2.24. The number of fused-ring (bicyclic) bond motifs is 1. The second-order valence-electron chi connectivity index (χ2n) is 6.29. The van der Waals surface area contributed by atoms with Crippen LogP contribution in [0.2, 0.25) is 0 Å². The lowest BCUT2D eigenvalue weighted by molar-refractivity contribution is 0.0853. The Morgan fingerprint density at radius 3 is 2.32 bits per heavy atom. The summed E-state index contributed by atoms with van der Waals surface area (Å²) in [6.45, 7) is 0. The van der Waals surface area contributed by atoms with Crippen molar-refractivity contribution in [2.24, 2.45) is 0 Å². The number of carbonyl (C=O) groups excluding carboxylic acids is 2. The first-order chi connectivity index (χ1) is 13.7. The van der Waals surface area contributed by atoms with Crippen molar-refractivity contribution in [2.75, 3.05) is 5.32 Å². The molecule has 2 N–H and O–H groups in total. The molecule has 1 amide bonds. The van der Waals surface area contributed by atoms with Crippen LogP contribution in [0.5, 0.6) is 0 Å². The molecule has 5 nitrogen and oxygen atoms in total. The van der Waals surface area contributed by atoms with Gasteiger partial charge in [-0.25, -0.2) is 0 Å². The van der Waals surface area contributed by atoms with E-state index in [1.807, 2.05) is 48.5 Å². The minimum atomic E-state index is -0.953. The number of amides is 1. The van der Waals surface area contributed by atoms with Crippen LogP contribution in [0.4, 0.5) is 5.69 Å². The highest BCUT2D eigenvalue weighted by atomic mass is 16.3. The molecule has 1 heterocycles. The van der Waals surface area contributed by atoms with Gasteiger partial charge in [0.2, 0.25) is 5.78 Å². The van der Waals surface area contributed by atoms with Gasteiger partial charge in [-0.2, -0.15) is 0 Å². The van der Waals surface area contributed by atoms with Crippen molar-refractivity contribution in [2.45, 2.75) is 6.17 Å². The number of nitrogens with one attached hydrogen (secondary N) is 2. The summed E-state index contributed by atoms with van der Waals surface area (Å²) in [7, 11) is 0. The summed E-state index contributed by atoms with van der Waals surface area (Å²) in [4.78, 5) is 25.6. The number of carbonyl (C=O) groups is 2. The molecule has 1 aromatic heterocycles. The van der Waals surface area contributed by atoms with E-state index in [-0.39, 0.29) is 11.5 Å². The number of anilines is 1. The highest BCUT2D eigenvalue weighted by molar-refractivity contribution is 6.06. The lowest BCUT2D eigenvalue weighted by atomic mass is 10.1. The zero-order valence-corrected chi connectivity index (χ0v) is 15.0. The first-order valence-corrected chi connectivity index (χ1v) is 8.90. The fourth-order valence-electron chi connectivity index (χ4n) is 3.05. The molecule has 0 fully saturated rings. The lowest BCUT2D eigenvalue weighted by Gasteiger charge is -2.21. The van der Waals surface area contributed by atoms with E-state index in [1.165, 1.54) is 6.26 Å². The van der Waals surface area contributed by atoms with Crippen LogP contribution in [0, 0.1) is 0 Å². The van der Waals surface area contributed by atoms with Crippen molar-refractivity contribution in [1.82, 2.24) is 5.32 Å². The molecular formula is C23H18N2O3. The van der Waals surface area contributed by atoms with Gasteiger partial charge in [-0.05, 0) is 23.6 Å². The predicted molar refractivity (Wildman–Crippen MR) is 108 cm³/mol. The van der Waals surface area contributed by atoms with Gasteiger partial charge in [0, 0.05) is 16.6 Å². The lowest BCUT2D eigenvalue weighted by Crippen LogP contribution is -2.46. The molecule has 1 atom stereocenters. The number of furan rings is 1. The molecule has 0 spiro atoms. The Hall–Kier alpha value is -3.86. The van der Waals surface area contributed by atoms with E-state index in [1.54, 1.807) is 36.4 Å². The van der Waals surface area contributed by atoms with Gasteiger partial charge < -0.3 is 15.1 Å². The molecule has 0 saturated carbocycles. The number of Topliss-reactive ketones (excluding diaryl/α,β-unsaturated/α-hetero) is 1. The molecule has 138 valence electrons. The normalized spacial score (nSPS) is 11.7. The fraction of sp³-hybridized carbons (Fsp3) is 0.0435. The molecule has 4 aromatic rings. The standard InChI is InChI=1S/C23H18N2O3/c26-21(17-9-2-1-3-10-17)22(25-23(27)20-14-7-15-28-20)24-19-13-6-11-16-8-4-5-12-18(16)19/h1-15,22,24H,(H,25,27)/t22-/m1/s1. The average molecular weight is 370 g/mol. The summed E-state index contributed by atoms with van der Waals surface area (Å²) in [6, 6.07) is 25.7. The van der Waals surface area contributed by atoms with Crippen molar-refractivity contribution >= 4 is 28.2 Å².